The Kier molecular flexibility index (Phi) is 4.95. The number of ether oxygens (including phenoxy) is 2. The van der Waals surface area contributed by atoms with Crippen LogP contribution in [0, 0.1) is 0 Å². The van der Waals surface area contributed by atoms with Gasteiger partial charge in [0.2, 0.25) is 0 Å². The Bertz CT molecular complexity index is 1050. The molecule has 5 nitrogen and oxygen atoms in total. The highest BCUT2D eigenvalue weighted by molar-refractivity contribution is 7.89. The second-order valence-electron chi connectivity index (χ2n) is 6.03. The van der Waals surface area contributed by atoms with Crippen LogP contribution < -0.4 is 9.47 Å². The molecule has 0 aromatic heterocycles. The van der Waals surface area contributed by atoms with E-state index >= 15 is 0 Å². The second kappa shape index (κ2) is 7.17. The molecule has 0 saturated carbocycles. The van der Waals surface area contributed by atoms with Crippen molar-refractivity contribution in [1.82, 2.24) is 0 Å². The molecule has 0 aliphatic carbocycles. The molecule has 26 heavy (non-hydrogen) atoms. The van der Waals surface area contributed by atoms with Gasteiger partial charge < -0.3 is 9.47 Å². The lowest BCUT2D eigenvalue weighted by Gasteiger charge is -2.07. The maximum atomic E-state index is 12.3. The highest BCUT2D eigenvalue weighted by Crippen LogP contribution is 2.25. The topological polar surface area (TPSA) is 69.7 Å². The number of carbonyl (C=O) groups excluding carboxylic acids is 1. The fraction of sp³-hybridized carbons (Fsp3) is 0.150. The van der Waals surface area contributed by atoms with Crippen molar-refractivity contribution < 1.29 is 22.7 Å². The molecule has 0 radical (unpaired) electrons. The predicted octanol–water partition coefficient (Wildman–Crippen LogP) is 3.61. The standard InChI is InChI=1S/C20H18O5S/c1-24-18-9-7-15-8-10-19(12-17(15)11-18)25-20(21)16-5-3-14(4-6-16)13-26(2,22)23/h3-12H,13H2,1-2H3. The van der Waals surface area contributed by atoms with E-state index < -0.39 is 15.8 Å². The highest BCUT2D eigenvalue weighted by atomic mass is 32.2. The molecule has 3 aromatic rings. The summed E-state index contributed by atoms with van der Waals surface area (Å²) in [6.07, 6.45) is 1.17. The van der Waals surface area contributed by atoms with Crippen molar-refractivity contribution in [2.24, 2.45) is 0 Å². The summed E-state index contributed by atoms with van der Waals surface area (Å²) in [6, 6.07) is 17.4. The van der Waals surface area contributed by atoms with Crippen molar-refractivity contribution in [2.45, 2.75) is 5.75 Å². The summed E-state index contributed by atoms with van der Waals surface area (Å²) in [6.45, 7) is 0. The Labute approximate surface area is 152 Å². The molecule has 0 bridgehead atoms. The molecule has 0 aliphatic heterocycles. The number of benzene rings is 3. The molecule has 0 heterocycles. The molecule has 0 fully saturated rings. The Balaban J connectivity index is 1.77. The molecule has 0 unspecified atom stereocenters. The molecule has 3 rings (SSSR count). The molecule has 134 valence electrons. The average molecular weight is 370 g/mol. The zero-order valence-corrected chi connectivity index (χ0v) is 15.2. The first-order chi connectivity index (χ1) is 12.3. The summed E-state index contributed by atoms with van der Waals surface area (Å²) in [5.41, 5.74) is 0.981. The minimum atomic E-state index is -3.11. The van der Waals surface area contributed by atoms with E-state index in [2.05, 4.69) is 0 Å². The number of carbonyl (C=O) groups is 1. The highest BCUT2D eigenvalue weighted by Gasteiger charge is 2.11. The molecule has 3 aromatic carbocycles. The molecule has 0 atom stereocenters. The Morgan fingerprint density at radius 1 is 0.885 bits per heavy atom. The number of esters is 1. The smallest absolute Gasteiger partial charge is 0.343 e. The molecule has 6 heteroatoms. The van der Waals surface area contributed by atoms with Crippen LogP contribution in [0.4, 0.5) is 0 Å². The van der Waals surface area contributed by atoms with Gasteiger partial charge in [0.15, 0.2) is 9.84 Å². The minimum Gasteiger partial charge on any atom is -0.497 e. The molecular formula is C20H18O5S. The van der Waals surface area contributed by atoms with Crippen LogP contribution in [0.25, 0.3) is 10.8 Å². The first-order valence-corrected chi connectivity index (χ1v) is 9.97. The minimum absolute atomic E-state index is 0.0607. The van der Waals surface area contributed by atoms with Crippen molar-refractivity contribution in [3.05, 3.63) is 71.8 Å². The van der Waals surface area contributed by atoms with Gasteiger partial charge >= 0.3 is 5.97 Å². The number of hydrogen-bond donors (Lipinski definition) is 0. The summed E-state index contributed by atoms with van der Waals surface area (Å²) in [7, 11) is -1.52. The third-order valence-electron chi connectivity index (χ3n) is 3.85. The monoisotopic (exact) mass is 370 g/mol. The number of fused-ring (bicyclic) bond motifs is 1. The van der Waals surface area contributed by atoms with E-state index in [1.54, 1.807) is 43.5 Å². The molecule has 0 amide bonds. The van der Waals surface area contributed by atoms with Crippen LogP contribution in [0.15, 0.2) is 60.7 Å². The van der Waals surface area contributed by atoms with Crippen LogP contribution in [0.2, 0.25) is 0 Å². The van der Waals surface area contributed by atoms with Crippen molar-refractivity contribution in [3.63, 3.8) is 0 Å². The lowest BCUT2D eigenvalue weighted by molar-refractivity contribution is 0.0735. The number of sulfone groups is 1. The van der Waals surface area contributed by atoms with Gasteiger partial charge in [-0.2, -0.15) is 0 Å². The van der Waals surface area contributed by atoms with Gasteiger partial charge in [-0.15, -0.1) is 0 Å². The summed E-state index contributed by atoms with van der Waals surface area (Å²) in [5.74, 6) is 0.589. The predicted molar refractivity (Wildman–Crippen MR) is 100 cm³/mol. The largest absolute Gasteiger partial charge is 0.497 e. The van der Waals surface area contributed by atoms with Crippen LogP contribution in [-0.4, -0.2) is 27.8 Å². The first-order valence-electron chi connectivity index (χ1n) is 7.91. The fourth-order valence-corrected chi connectivity index (χ4v) is 3.40. The van der Waals surface area contributed by atoms with Gasteiger partial charge in [0.05, 0.1) is 18.4 Å². The number of hydrogen-bond acceptors (Lipinski definition) is 5. The van der Waals surface area contributed by atoms with E-state index in [0.717, 1.165) is 16.5 Å². The number of methoxy groups -OCH3 is 1. The fourth-order valence-electron chi connectivity index (χ4n) is 2.60. The Morgan fingerprint density at radius 2 is 1.50 bits per heavy atom. The molecule has 0 saturated heterocycles. The second-order valence-corrected chi connectivity index (χ2v) is 8.17. The van der Waals surface area contributed by atoms with Gasteiger partial charge in [-0.3, -0.25) is 0 Å². The van der Waals surface area contributed by atoms with Gasteiger partial charge in [0, 0.05) is 6.26 Å². The van der Waals surface area contributed by atoms with Gasteiger partial charge in [-0.1, -0.05) is 24.3 Å². The molecule has 0 aliphatic rings. The SMILES string of the molecule is COc1ccc2ccc(OC(=O)c3ccc(CS(C)(=O)=O)cc3)cc2c1. The zero-order chi connectivity index (χ0) is 18.7. The first kappa shape index (κ1) is 17.9. The third-order valence-corrected chi connectivity index (χ3v) is 4.71. The van der Waals surface area contributed by atoms with E-state index in [1.165, 1.54) is 6.26 Å². The van der Waals surface area contributed by atoms with Gasteiger partial charge in [-0.05, 0) is 52.7 Å². The molecular weight excluding hydrogens is 352 g/mol. The van der Waals surface area contributed by atoms with Crippen LogP contribution in [-0.2, 0) is 15.6 Å². The summed E-state index contributed by atoms with van der Waals surface area (Å²) >= 11 is 0. The lowest BCUT2D eigenvalue weighted by Crippen LogP contribution is -2.09. The van der Waals surface area contributed by atoms with Gasteiger partial charge in [0.1, 0.15) is 11.5 Å². The van der Waals surface area contributed by atoms with Crippen LogP contribution in [0.5, 0.6) is 11.5 Å². The summed E-state index contributed by atoms with van der Waals surface area (Å²) < 4.78 is 33.3. The lowest BCUT2D eigenvalue weighted by atomic mass is 10.1. The van der Waals surface area contributed by atoms with Crippen molar-refractivity contribution in [2.75, 3.05) is 13.4 Å². The van der Waals surface area contributed by atoms with Crippen molar-refractivity contribution in [1.29, 1.82) is 0 Å². The van der Waals surface area contributed by atoms with Gasteiger partial charge in [0.25, 0.3) is 0 Å². The number of rotatable bonds is 5. The normalized spacial score (nSPS) is 11.3. The van der Waals surface area contributed by atoms with E-state index in [1.807, 2.05) is 24.3 Å². The van der Waals surface area contributed by atoms with E-state index in [9.17, 15) is 13.2 Å². The Hall–Kier alpha value is -2.86. The zero-order valence-electron chi connectivity index (χ0n) is 14.4. The molecule has 0 N–H and O–H groups in total. The maximum Gasteiger partial charge on any atom is 0.343 e. The van der Waals surface area contributed by atoms with Crippen LogP contribution >= 0.6 is 0 Å². The average Bonchev–Trinajstić information content (AvgIpc) is 2.60. The third kappa shape index (κ3) is 4.40. The van der Waals surface area contributed by atoms with Crippen LogP contribution in [0.3, 0.4) is 0 Å². The van der Waals surface area contributed by atoms with Crippen molar-refractivity contribution >= 4 is 26.6 Å². The van der Waals surface area contributed by atoms with E-state index in [4.69, 9.17) is 9.47 Å². The summed E-state index contributed by atoms with van der Waals surface area (Å²) in [4.78, 5) is 12.3. The summed E-state index contributed by atoms with van der Waals surface area (Å²) in [5, 5.41) is 1.91. The quantitative estimate of drug-likeness (QED) is 0.507. The van der Waals surface area contributed by atoms with Gasteiger partial charge in [-0.25, -0.2) is 13.2 Å². The van der Waals surface area contributed by atoms with Crippen LogP contribution in [0.1, 0.15) is 15.9 Å². The van der Waals surface area contributed by atoms with E-state index in [0.29, 0.717) is 16.9 Å². The van der Waals surface area contributed by atoms with Crippen molar-refractivity contribution in [3.8, 4) is 11.5 Å². The molecule has 0 spiro atoms. The van der Waals surface area contributed by atoms with E-state index in [-0.39, 0.29) is 5.75 Å². The Morgan fingerprint density at radius 3 is 2.12 bits per heavy atom. The maximum absolute atomic E-state index is 12.3.